The molecule has 0 radical (unpaired) electrons. The van der Waals surface area contributed by atoms with E-state index in [1.54, 1.807) is 7.11 Å². The van der Waals surface area contributed by atoms with Crippen LogP contribution >= 0.6 is 0 Å². The monoisotopic (exact) mass is 216 g/mol. The molecule has 3 nitrogen and oxygen atoms in total. The van der Waals surface area contributed by atoms with Crippen molar-refractivity contribution in [3.05, 3.63) is 0 Å². The molecule has 0 fully saturated rings. The number of ether oxygens (including phenoxy) is 1. The Balaban J connectivity index is 4.99. The van der Waals surface area contributed by atoms with Crippen LogP contribution in [0.25, 0.3) is 0 Å². The smallest absolute Gasteiger partial charge is 0.312 e. The molecule has 0 saturated carbocycles. The molecule has 1 N–H and O–H groups in total. The topological polar surface area (TPSA) is 46.5 Å². The fraction of sp³-hybridized carbons (Fsp3) is 0.917. The van der Waals surface area contributed by atoms with E-state index in [-0.39, 0.29) is 12.0 Å². The average Bonchev–Trinajstić information content (AvgIpc) is 2.09. The molecule has 0 heterocycles. The predicted octanol–water partition coefficient (Wildman–Crippen LogP) is 2.94. The van der Waals surface area contributed by atoms with Crippen LogP contribution in [0.15, 0.2) is 0 Å². The van der Waals surface area contributed by atoms with Crippen molar-refractivity contribution < 1.29 is 14.6 Å². The molecule has 90 valence electrons. The number of methoxy groups -OCH3 is 1. The maximum atomic E-state index is 11.5. The van der Waals surface area contributed by atoms with E-state index in [1.807, 2.05) is 20.8 Å². The largest absolute Gasteiger partial charge is 0.481 e. The second-order valence-electron chi connectivity index (χ2n) is 5.17. The Hall–Kier alpha value is -0.570. The highest BCUT2D eigenvalue weighted by atomic mass is 16.5. The summed E-state index contributed by atoms with van der Waals surface area (Å²) in [5.74, 6) is -0.745. The van der Waals surface area contributed by atoms with Crippen molar-refractivity contribution in [3.63, 3.8) is 0 Å². The molecule has 1 unspecified atom stereocenters. The highest BCUT2D eigenvalue weighted by Gasteiger charge is 2.48. The zero-order valence-electron chi connectivity index (χ0n) is 10.6. The van der Waals surface area contributed by atoms with E-state index in [2.05, 4.69) is 6.92 Å². The number of carbonyl (C=O) groups is 1. The van der Waals surface area contributed by atoms with Gasteiger partial charge in [-0.3, -0.25) is 4.79 Å². The maximum Gasteiger partial charge on any atom is 0.312 e. The third kappa shape index (κ3) is 3.20. The van der Waals surface area contributed by atoms with Gasteiger partial charge < -0.3 is 9.84 Å². The molecule has 0 rings (SSSR count). The summed E-state index contributed by atoms with van der Waals surface area (Å²) in [7, 11) is 1.56. The van der Waals surface area contributed by atoms with Crippen LogP contribution in [0.1, 0.15) is 47.0 Å². The van der Waals surface area contributed by atoms with Crippen LogP contribution in [0, 0.1) is 10.8 Å². The van der Waals surface area contributed by atoms with Gasteiger partial charge in [0.05, 0.1) is 12.0 Å². The minimum absolute atomic E-state index is 0.284. The van der Waals surface area contributed by atoms with Crippen LogP contribution in [0.5, 0.6) is 0 Å². The maximum absolute atomic E-state index is 11.5. The van der Waals surface area contributed by atoms with Crippen LogP contribution in [-0.2, 0) is 9.53 Å². The summed E-state index contributed by atoms with van der Waals surface area (Å²) in [6.45, 7) is 8.26. The Morgan fingerprint density at radius 3 is 2.13 bits per heavy atom. The highest BCUT2D eigenvalue weighted by Crippen LogP contribution is 2.43. The molecule has 15 heavy (non-hydrogen) atoms. The van der Waals surface area contributed by atoms with E-state index in [0.717, 1.165) is 12.8 Å². The molecule has 1 atom stereocenters. The van der Waals surface area contributed by atoms with Crippen molar-refractivity contribution in [2.45, 2.75) is 47.0 Å². The van der Waals surface area contributed by atoms with Crippen molar-refractivity contribution in [2.75, 3.05) is 13.7 Å². The molecule has 0 amide bonds. The van der Waals surface area contributed by atoms with E-state index in [0.29, 0.717) is 6.42 Å². The first-order valence-electron chi connectivity index (χ1n) is 5.54. The zero-order chi connectivity index (χ0) is 12.1. The first-order chi connectivity index (χ1) is 6.81. The standard InChI is InChI=1S/C12H24O3/c1-6-7-8-12(9-15-5,10(13)14)11(2,3)4/h6-9H2,1-5H3,(H,13,14). The lowest BCUT2D eigenvalue weighted by atomic mass is 9.64. The number of rotatable bonds is 6. The van der Waals surface area contributed by atoms with Crippen LogP contribution in [-0.4, -0.2) is 24.8 Å². The van der Waals surface area contributed by atoms with Gasteiger partial charge in [0, 0.05) is 7.11 Å². The number of unbranched alkanes of at least 4 members (excludes halogenated alkanes) is 1. The van der Waals surface area contributed by atoms with Gasteiger partial charge in [0.25, 0.3) is 0 Å². The molecule has 0 aromatic heterocycles. The first kappa shape index (κ1) is 14.4. The molecule has 0 spiro atoms. The van der Waals surface area contributed by atoms with E-state index < -0.39 is 11.4 Å². The Morgan fingerprint density at radius 1 is 1.33 bits per heavy atom. The van der Waals surface area contributed by atoms with E-state index >= 15 is 0 Å². The van der Waals surface area contributed by atoms with Crippen LogP contribution < -0.4 is 0 Å². The van der Waals surface area contributed by atoms with Gasteiger partial charge in [-0.05, 0) is 11.8 Å². The summed E-state index contributed by atoms with van der Waals surface area (Å²) in [4.78, 5) is 11.5. The molecule has 0 saturated heterocycles. The summed E-state index contributed by atoms with van der Waals surface area (Å²) < 4.78 is 5.11. The van der Waals surface area contributed by atoms with Gasteiger partial charge in [-0.25, -0.2) is 0 Å². The molecule has 0 aliphatic heterocycles. The van der Waals surface area contributed by atoms with E-state index in [1.165, 1.54) is 0 Å². The predicted molar refractivity (Wildman–Crippen MR) is 60.9 cm³/mol. The number of carboxylic acid groups (broad SMARTS) is 1. The summed E-state index contributed by atoms with van der Waals surface area (Å²) in [5.41, 5.74) is -1.05. The van der Waals surface area contributed by atoms with Crippen molar-refractivity contribution >= 4 is 5.97 Å². The van der Waals surface area contributed by atoms with Crippen LogP contribution in [0.4, 0.5) is 0 Å². The Kier molecular flexibility index (Phi) is 5.29. The average molecular weight is 216 g/mol. The Bertz CT molecular complexity index is 205. The van der Waals surface area contributed by atoms with Crippen LogP contribution in [0.2, 0.25) is 0 Å². The van der Waals surface area contributed by atoms with E-state index in [9.17, 15) is 9.90 Å². The minimum atomic E-state index is -0.766. The lowest BCUT2D eigenvalue weighted by Gasteiger charge is -2.40. The molecule has 0 aliphatic carbocycles. The lowest BCUT2D eigenvalue weighted by Crippen LogP contribution is -2.46. The minimum Gasteiger partial charge on any atom is -0.481 e. The van der Waals surface area contributed by atoms with Crippen molar-refractivity contribution in [3.8, 4) is 0 Å². The third-order valence-electron chi connectivity index (χ3n) is 3.19. The van der Waals surface area contributed by atoms with Crippen molar-refractivity contribution in [1.29, 1.82) is 0 Å². The second kappa shape index (κ2) is 5.50. The second-order valence-corrected chi connectivity index (χ2v) is 5.17. The quantitative estimate of drug-likeness (QED) is 0.742. The fourth-order valence-corrected chi connectivity index (χ4v) is 1.88. The summed E-state index contributed by atoms with van der Waals surface area (Å²) >= 11 is 0. The summed E-state index contributed by atoms with van der Waals surface area (Å²) in [5, 5.41) is 9.44. The Labute approximate surface area is 92.8 Å². The van der Waals surface area contributed by atoms with Gasteiger partial charge in [0.2, 0.25) is 0 Å². The summed E-state index contributed by atoms with van der Waals surface area (Å²) in [6, 6.07) is 0. The molecule has 0 aromatic rings. The van der Waals surface area contributed by atoms with Crippen LogP contribution in [0.3, 0.4) is 0 Å². The molecular formula is C12H24O3. The first-order valence-corrected chi connectivity index (χ1v) is 5.54. The fourth-order valence-electron chi connectivity index (χ4n) is 1.88. The number of aliphatic carboxylic acids is 1. The number of hydrogen-bond donors (Lipinski definition) is 1. The summed E-state index contributed by atoms with van der Waals surface area (Å²) in [6.07, 6.45) is 2.61. The molecule has 3 heteroatoms. The van der Waals surface area contributed by atoms with Gasteiger partial charge in [0.1, 0.15) is 0 Å². The van der Waals surface area contributed by atoms with Gasteiger partial charge >= 0.3 is 5.97 Å². The van der Waals surface area contributed by atoms with Gasteiger partial charge in [0.15, 0.2) is 0 Å². The Morgan fingerprint density at radius 2 is 1.87 bits per heavy atom. The van der Waals surface area contributed by atoms with Crippen molar-refractivity contribution in [1.82, 2.24) is 0 Å². The van der Waals surface area contributed by atoms with E-state index in [4.69, 9.17) is 4.74 Å². The number of hydrogen-bond acceptors (Lipinski definition) is 2. The number of carboxylic acids is 1. The third-order valence-corrected chi connectivity index (χ3v) is 3.19. The molecule has 0 aliphatic rings. The zero-order valence-corrected chi connectivity index (χ0v) is 10.6. The molecule has 0 bridgehead atoms. The molecule has 0 aromatic carbocycles. The lowest BCUT2D eigenvalue weighted by molar-refractivity contribution is -0.162. The normalized spacial score (nSPS) is 16.1. The van der Waals surface area contributed by atoms with Gasteiger partial charge in [-0.2, -0.15) is 0 Å². The molecular weight excluding hydrogens is 192 g/mol. The SMILES string of the molecule is CCCCC(COC)(C(=O)O)C(C)(C)C. The van der Waals surface area contributed by atoms with Gasteiger partial charge in [-0.15, -0.1) is 0 Å². The van der Waals surface area contributed by atoms with Crippen molar-refractivity contribution in [2.24, 2.45) is 10.8 Å². The van der Waals surface area contributed by atoms with Gasteiger partial charge in [-0.1, -0.05) is 40.5 Å². The highest BCUT2D eigenvalue weighted by molar-refractivity contribution is 5.75.